The van der Waals surface area contributed by atoms with Gasteiger partial charge in [-0.25, -0.2) is 14.0 Å². The molecule has 176 valence electrons. The zero-order valence-electron chi connectivity index (χ0n) is 19.6. The van der Waals surface area contributed by atoms with Gasteiger partial charge in [0.05, 0.1) is 0 Å². The van der Waals surface area contributed by atoms with Crippen LogP contribution in [-0.4, -0.2) is 11.9 Å². The van der Waals surface area contributed by atoms with Crippen LogP contribution in [0.15, 0.2) is 91.0 Å². The lowest BCUT2D eigenvalue weighted by Gasteiger charge is -2.04. The van der Waals surface area contributed by atoms with E-state index < -0.39 is 11.9 Å². The van der Waals surface area contributed by atoms with Crippen LogP contribution in [0.3, 0.4) is 0 Å². The Morgan fingerprint density at radius 3 is 1.86 bits per heavy atom. The van der Waals surface area contributed by atoms with E-state index in [0.29, 0.717) is 33.8 Å². The van der Waals surface area contributed by atoms with Crippen molar-refractivity contribution in [2.45, 2.75) is 13.8 Å². The third-order valence-corrected chi connectivity index (χ3v) is 4.80. The van der Waals surface area contributed by atoms with E-state index in [1.807, 2.05) is 18.2 Å². The number of ether oxygens (including phenoxy) is 2. The molecule has 0 amide bonds. The number of carbonyl (C=O) groups excluding carboxylic acids is 2. The lowest BCUT2D eigenvalue weighted by atomic mass is 10.1. The second-order valence-corrected chi connectivity index (χ2v) is 7.93. The molecular formula is C30H25FO4. The summed E-state index contributed by atoms with van der Waals surface area (Å²) < 4.78 is 25.0. The first kappa shape index (κ1) is 25.1. The van der Waals surface area contributed by atoms with Gasteiger partial charge in [0, 0.05) is 16.7 Å². The molecule has 5 heteroatoms. The van der Waals surface area contributed by atoms with Crippen LogP contribution in [0.25, 0.3) is 24.3 Å². The summed E-state index contributed by atoms with van der Waals surface area (Å²) in [7, 11) is 0. The van der Waals surface area contributed by atoms with Crippen LogP contribution in [0, 0.1) is 5.82 Å². The number of hydrogen-bond donors (Lipinski definition) is 0. The van der Waals surface area contributed by atoms with Crippen molar-refractivity contribution >= 4 is 36.2 Å². The van der Waals surface area contributed by atoms with E-state index in [2.05, 4.69) is 13.2 Å². The Hall–Kier alpha value is -4.51. The molecule has 0 aliphatic rings. The number of rotatable bonds is 8. The topological polar surface area (TPSA) is 52.6 Å². The molecule has 0 saturated carbocycles. The fourth-order valence-corrected chi connectivity index (χ4v) is 2.88. The largest absolute Gasteiger partial charge is 0.423 e. The predicted octanol–water partition coefficient (Wildman–Crippen LogP) is 7.13. The lowest BCUT2D eigenvalue weighted by Crippen LogP contribution is -2.08. The first-order valence-corrected chi connectivity index (χ1v) is 10.8. The quantitative estimate of drug-likeness (QED) is 0.153. The van der Waals surface area contributed by atoms with Gasteiger partial charge in [-0.2, -0.15) is 0 Å². The van der Waals surface area contributed by atoms with Crippen LogP contribution in [0.1, 0.15) is 36.1 Å². The Kier molecular flexibility index (Phi) is 8.30. The Bertz CT molecular complexity index is 1330. The summed E-state index contributed by atoms with van der Waals surface area (Å²) in [5.41, 5.74) is 3.39. The molecule has 3 rings (SSSR count). The van der Waals surface area contributed by atoms with Gasteiger partial charge in [0.25, 0.3) is 0 Å². The van der Waals surface area contributed by atoms with Gasteiger partial charge in [0.15, 0.2) is 0 Å². The van der Waals surface area contributed by atoms with E-state index in [9.17, 15) is 14.0 Å². The summed E-state index contributed by atoms with van der Waals surface area (Å²) in [4.78, 5) is 23.3. The van der Waals surface area contributed by atoms with Gasteiger partial charge in [-0.15, -0.1) is 0 Å². The van der Waals surface area contributed by atoms with Crippen molar-refractivity contribution in [2.24, 2.45) is 0 Å². The summed E-state index contributed by atoms with van der Waals surface area (Å²) in [6.07, 6.45) is 7.04. The highest BCUT2D eigenvalue weighted by Gasteiger charge is 2.06. The van der Waals surface area contributed by atoms with Crippen molar-refractivity contribution in [3.8, 4) is 11.5 Å². The van der Waals surface area contributed by atoms with Crippen molar-refractivity contribution < 1.29 is 23.5 Å². The zero-order valence-corrected chi connectivity index (χ0v) is 19.6. The minimum Gasteiger partial charge on any atom is -0.423 e. The summed E-state index contributed by atoms with van der Waals surface area (Å²) in [5.74, 6) is -0.518. The highest BCUT2D eigenvalue weighted by Crippen LogP contribution is 2.20. The fraction of sp³-hybridized carbons (Fsp3) is 0.0667. The number of benzene rings is 3. The summed E-state index contributed by atoms with van der Waals surface area (Å²) in [6, 6.07) is 18.9. The molecule has 0 aliphatic heterocycles. The molecule has 0 radical (unpaired) electrons. The monoisotopic (exact) mass is 468 g/mol. The van der Waals surface area contributed by atoms with E-state index in [0.717, 1.165) is 11.1 Å². The predicted molar refractivity (Wildman–Crippen MR) is 138 cm³/mol. The maximum Gasteiger partial charge on any atom is 0.338 e. The Balaban J connectivity index is 1.66. The van der Waals surface area contributed by atoms with Gasteiger partial charge >= 0.3 is 11.9 Å². The van der Waals surface area contributed by atoms with Crippen LogP contribution in [0.2, 0.25) is 0 Å². The molecule has 3 aromatic carbocycles. The lowest BCUT2D eigenvalue weighted by molar-refractivity contribution is -0.130. The van der Waals surface area contributed by atoms with Crippen LogP contribution in [-0.2, 0) is 9.59 Å². The smallest absolute Gasteiger partial charge is 0.338 e. The average Bonchev–Trinajstić information content (AvgIpc) is 2.83. The normalized spacial score (nSPS) is 10.9. The Labute approximate surface area is 204 Å². The first-order valence-electron chi connectivity index (χ1n) is 10.8. The number of carbonyl (C=O) groups is 2. The van der Waals surface area contributed by atoms with Crippen LogP contribution >= 0.6 is 0 Å². The molecule has 3 aromatic rings. The average molecular weight is 469 g/mol. The van der Waals surface area contributed by atoms with Crippen LogP contribution < -0.4 is 9.47 Å². The molecular weight excluding hydrogens is 443 g/mol. The first-order chi connectivity index (χ1) is 16.7. The minimum absolute atomic E-state index is 0.309. The van der Waals surface area contributed by atoms with Crippen LogP contribution in [0.4, 0.5) is 4.39 Å². The SMILES string of the molecule is C=C(C)C(=O)Oc1ccc(C=Cc2ccc(C=Cc3cccc(OC(=O)C(=C)C)c3)c(F)c2)cc1. The van der Waals surface area contributed by atoms with Gasteiger partial charge < -0.3 is 9.47 Å². The summed E-state index contributed by atoms with van der Waals surface area (Å²) in [5, 5.41) is 0. The summed E-state index contributed by atoms with van der Waals surface area (Å²) >= 11 is 0. The summed E-state index contributed by atoms with van der Waals surface area (Å²) in [6.45, 7) is 10.3. The fourth-order valence-electron chi connectivity index (χ4n) is 2.88. The molecule has 0 saturated heterocycles. The number of esters is 2. The molecule has 0 fully saturated rings. The van der Waals surface area contributed by atoms with Crippen molar-refractivity contribution in [2.75, 3.05) is 0 Å². The van der Waals surface area contributed by atoms with Crippen LogP contribution in [0.5, 0.6) is 11.5 Å². The van der Waals surface area contributed by atoms with E-state index >= 15 is 0 Å². The molecule has 0 bridgehead atoms. The second-order valence-electron chi connectivity index (χ2n) is 7.93. The van der Waals surface area contributed by atoms with Crippen molar-refractivity contribution in [3.05, 3.63) is 119 Å². The minimum atomic E-state index is -0.497. The van der Waals surface area contributed by atoms with Crippen molar-refractivity contribution in [1.82, 2.24) is 0 Å². The Morgan fingerprint density at radius 1 is 0.686 bits per heavy atom. The molecule has 0 heterocycles. The van der Waals surface area contributed by atoms with Gasteiger partial charge in [-0.05, 0) is 60.9 Å². The van der Waals surface area contributed by atoms with Crippen molar-refractivity contribution in [1.29, 1.82) is 0 Å². The molecule has 35 heavy (non-hydrogen) atoms. The highest BCUT2D eigenvalue weighted by atomic mass is 19.1. The number of hydrogen-bond acceptors (Lipinski definition) is 4. The maximum absolute atomic E-state index is 14.6. The van der Waals surface area contributed by atoms with E-state index in [1.54, 1.807) is 80.6 Å². The molecule has 0 aliphatic carbocycles. The maximum atomic E-state index is 14.6. The zero-order chi connectivity index (χ0) is 25.4. The van der Waals surface area contributed by atoms with Gasteiger partial charge in [0.1, 0.15) is 17.3 Å². The molecule has 0 aromatic heterocycles. The molecule has 0 unspecified atom stereocenters. The van der Waals surface area contributed by atoms with E-state index in [4.69, 9.17) is 9.47 Å². The number of halogens is 1. The molecule has 4 nitrogen and oxygen atoms in total. The molecule has 0 atom stereocenters. The Morgan fingerprint density at radius 2 is 1.23 bits per heavy atom. The van der Waals surface area contributed by atoms with E-state index in [1.165, 1.54) is 6.07 Å². The molecule has 0 spiro atoms. The highest BCUT2D eigenvalue weighted by molar-refractivity contribution is 5.89. The standard InChI is InChI=1S/C30H25FO4/c1-20(2)29(32)34-26-16-12-22(13-17-26)8-9-24-11-15-25(28(31)19-24)14-10-23-6-5-7-27(18-23)35-30(33)21(3)4/h5-19H,1,3H2,2,4H3. The second kappa shape index (κ2) is 11.6. The third-order valence-electron chi connectivity index (χ3n) is 4.80. The third kappa shape index (κ3) is 7.51. The van der Waals surface area contributed by atoms with Gasteiger partial charge in [-0.3, -0.25) is 0 Å². The van der Waals surface area contributed by atoms with E-state index in [-0.39, 0.29) is 5.82 Å². The molecule has 0 N–H and O–H groups in total. The van der Waals surface area contributed by atoms with Gasteiger partial charge in [0.2, 0.25) is 0 Å². The van der Waals surface area contributed by atoms with Gasteiger partial charge in [-0.1, -0.05) is 73.9 Å². The van der Waals surface area contributed by atoms with Crippen molar-refractivity contribution in [3.63, 3.8) is 0 Å².